The van der Waals surface area contributed by atoms with Crippen molar-refractivity contribution >= 4 is 11.6 Å². The molecule has 1 heterocycles. The number of hydrogen-bond donors (Lipinski definition) is 1. The zero-order valence-corrected chi connectivity index (χ0v) is 11.7. The minimum absolute atomic E-state index is 0.0406. The monoisotopic (exact) mass is 277 g/mol. The zero-order chi connectivity index (χ0) is 13.8. The Labute approximate surface area is 117 Å². The maximum atomic E-state index is 9.28. The number of halogens is 1. The number of benzene rings is 1. The molecule has 0 radical (unpaired) electrons. The first-order chi connectivity index (χ1) is 9.10. The SMILES string of the molecule is CC(C)c1cc(CO)cc(Oc2ccccc2Cl)n1. The maximum Gasteiger partial charge on any atom is 0.219 e. The van der Waals surface area contributed by atoms with Gasteiger partial charge in [0.25, 0.3) is 0 Å². The van der Waals surface area contributed by atoms with Crippen LogP contribution in [0, 0.1) is 0 Å². The molecule has 3 nitrogen and oxygen atoms in total. The van der Waals surface area contributed by atoms with Gasteiger partial charge in [-0.2, -0.15) is 0 Å². The molecule has 0 atom stereocenters. The number of ether oxygens (including phenoxy) is 1. The number of hydrogen-bond acceptors (Lipinski definition) is 3. The Bertz CT molecular complexity index is 570. The summed E-state index contributed by atoms with van der Waals surface area (Å²) < 4.78 is 5.69. The van der Waals surface area contributed by atoms with Crippen molar-refractivity contribution in [3.8, 4) is 11.6 Å². The largest absolute Gasteiger partial charge is 0.437 e. The molecule has 0 amide bonds. The fraction of sp³-hybridized carbons (Fsp3) is 0.267. The summed E-state index contributed by atoms with van der Waals surface area (Å²) in [5.74, 6) is 1.27. The van der Waals surface area contributed by atoms with Gasteiger partial charge in [0.05, 0.1) is 11.6 Å². The van der Waals surface area contributed by atoms with E-state index in [1.807, 2.05) is 32.0 Å². The fourth-order valence-corrected chi connectivity index (χ4v) is 1.84. The highest BCUT2D eigenvalue weighted by atomic mass is 35.5. The van der Waals surface area contributed by atoms with Gasteiger partial charge in [-0.25, -0.2) is 4.98 Å². The van der Waals surface area contributed by atoms with Crippen molar-refractivity contribution in [2.75, 3.05) is 0 Å². The Morgan fingerprint density at radius 3 is 2.63 bits per heavy atom. The predicted molar refractivity (Wildman–Crippen MR) is 75.8 cm³/mol. The number of aliphatic hydroxyl groups excluding tert-OH is 1. The predicted octanol–water partition coefficient (Wildman–Crippen LogP) is 4.14. The third-order valence-electron chi connectivity index (χ3n) is 2.71. The van der Waals surface area contributed by atoms with Crippen molar-refractivity contribution in [1.82, 2.24) is 4.98 Å². The fourth-order valence-electron chi connectivity index (χ4n) is 1.66. The van der Waals surface area contributed by atoms with Crippen LogP contribution in [0.15, 0.2) is 36.4 Å². The molecule has 2 aromatic rings. The van der Waals surface area contributed by atoms with Crippen LogP contribution in [0.4, 0.5) is 0 Å². The van der Waals surface area contributed by atoms with Crippen molar-refractivity contribution in [3.05, 3.63) is 52.7 Å². The summed E-state index contributed by atoms with van der Waals surface area (Å²) >= 11 is 6.05. The first-order valence-corrected chi connectivity index (χ1v) is 6.52. The summed E-state index contributed by atoms with van der Waals surface area (Å²) in [7, 11) is 0. The van der Waals surface area contributed by atoms with Gasteiger partial charge in [0.1, 0.15) is 5.75 Å². The first kappa shape index (κ1) is 13.8. The van der Waals surface area contributed by atoms with Gasteiger partial charge in [0.2, 0.25) is 5.88 Å². The molecule has 0 unspecified atom stereocenters. The molecule has 0 saturated carbocycles. The second-order valence-electron chi connectivity index (χ2n) is 4.58. The maximum absolute atomic E-state index is 9.28. The molecule has 0 bridgehead atoms. The van der Waals surface area contributed by atoms with Gasteiger partial charge < -0.3 is 9.84 Å². The molecule has 4 heteroatoms. The number of pyridine rings is 1. The number of aromatic nitrogens is 1. The molecule has 100 valence electrons. The smallest absolute Gasteiger partial charge is 0.219 e. The van der Waals surface area contributed by atoms with Crippen molar-refractivity contribution in [3.63, 3.8) is 0 Å². The Morgan fingerprint density at radius 2 is 2.00 bits per heavy atom. The Balaban J connectivity index is 2.34. The van der Waals surface area contributed by atoms with Crippen LogP contribution in [0.25, 0.3) is 0 Å². The van der Waals surface area contributed by atoms with E-state index in [-0.39, 0.29) is 12.5 Å². The summed E-state index contributed by atoms with van der Waals surface area (Å²) in [4.78, 5) is 4.43. The molecule has 0 spiro atoms. The van der Waals surface area contributed by atoms with Crippen molar-refractivity contribution in [1.29, 1.82) is 0 Å². The molecule has 0 saturated heterocycles. The van der Waals surface area contributed by atoms with Gasteiger partial charge in [-0.15, -0.1) is 0 Å². The Morgan fingerprint density at radius 1 is 1.26 bits per heavy atom. The molecule has 19 heavy (non-hydrogen) atoms. The third-order valence-corrected chi connectivity index (χ3v) is 3.02. The molecule has 1 aromatic heterocycles. The molecule has 1 N–H and O–H groups in total. The van der Waals surface area contributed by atoms with Crippen LogP contribution in [0.5, 0.6) is 11.6 Å². The minimum atomic E-state index is -0.0406. The van der Waals surface area contributed by atoms with E-state index < -0.39 is 0 Å². The molecule has 0 aliphatic heterocycles. The van der Waals surface area contributed by atoms with Crippen molar-refractivity contribution < 1.29 is 9.84 Å². The number of aliphatic hydroxyl groups is 1. The van der Waals surface area contributed by atoms with E-state index in [0.29, 0.717) is 16.7 Å². The molecule has 2 rings (SSSR count). The quantitative estimate of drug-likeness (QED) is 0.913. The van der Waals surface area contributed by atoms with E-state index >= 15 is 0 Å². The highest BCUT2D eigenvalue weighted by Gasteiger charge is 2.09. The number of para-hydroxylation sites is 1. The second-order valence-corrected chi connectivity index (χ2v) is 4.99. The van der Waals surface area contributed by atoms with E-state index in [9.17, 15) is 5.11 Å². The zero-order valence-electron chi connectivity index (χ0n) is 10.9. The van der Waals surface area contributed by atoms with E-state index in [0.717, 1.165) is 11.3 Å². The van der Waals surface area contributed by atoms with E-state index in [4.69, 9.17) is 16.3 Å². The van der Waals surface area contributed by atoms with Crippen LogP contribution in [0.1, 0.15) is 31.0 Å². The second kappa shape index (κ2) is 6.04. The van der Waals surface area contributed by atoms with Gasteiger partial charge >= 0.3 is 0 Å². The van der Waals surface area contributed by atoms with Crippen LogP contribution in [0.2, 0.25) is 5.02 Å². The summed E-state index contributed by atoms with van der Waals surface area (Å²) in [5, 5.41) is 9.81. The molecular weight excluding hydrogens is 262 g/mol. The molecule has 0 aliphatic carbocycles. The molecule has 1 aromatic carbocycles. The van der Waals surface area contributed by atoms with Crippen LogP contribution in [-0.2, 0) is 6.61 Å². The topological polar surface area (TPSA) is 42.4 Å². The van der Waals surface area contributed by atoms with Crippen LogP contribution in [0.3, 0.4) is 0 Å². The summed E-state index contributed by atoms with van der Waals surface area (Å²) in [6.07, 6.45) is 0. The van der Waals surface area contributed by atoms with E-state index in [1.54, 1.807) is 18.2 Å². The lowest BCUT2D eigenvalue weighted by Crippen LogP contribution is -1.98. The third kappa shape index (κ3) is 3.46. The van der Waals surface area contributed by atoms with Crippen molar-refractivity contribution in [2.24, 2.45) is 0 Å². The van der Waals surface area contributed by atoms with Gasteiger partial charge in [-0.05, 0) is 29.7 Å². The molecule has 0 aliphatic rings. The lowest BCUT2D eigenvalue weighted by atomic mass is 10.1. The minimum Gasteiger partial charge on any atom is -0.437 e. The summed E-state index contributed by atoms with van der Waals surface area (Å²) in [6, 6.07) is 10.8. The van der Waals surface area contributed by atoms with Gasteiger partial charge in [-0.3, -0.25) is 0 Å². The molecule has 0 fully saturated rings. The van der Waals surface area contributed by atoms with Crippen LogP contribution < -0.4 is 4.74 Å². The number of rotatable bonds is 4. The molecular formula is C15H16ClNO2. The standard InChI is InChI=1S/C15H16ClNO2/c1-10(2)13-7-11(9-18)8-15(17-13)19-14-6-4-3-5-12(14)16/h3-8,10,18H,9H2,1-2H3. The van der Waals surface area contributed by atoms with E-state index in [2.05, 4.69) is 4.98 Å². The highest BCUT2D eigenvalue weighted by Crippen LogP contribution is 2.29. The highest BCUT2D eigenvalue weighted by molar-refractivity contribution is 6.32. The van der Waals surface area contributed by atoms with Gasteiger partial charge in [0, 0.05) is 11.8 Å². The average Bonchev–Trinajstić information content (AvgIpc) is 2.41. The van der Waals surface area contributed by atoms with Crippen LogP contribution in [-0.4, -0.2) is 10.1 Å². The summed E-state index contributed by atoms with van der Waals surface area (Å²) in [5.41, 5.74) is 1.66. The van der Waals surface area contributed by atoms with Gasteiger partial charge in [0.15, 0.2) is 0 Å². The normalized spacial score (nSPS) is 10.8. The first-order valence-electron chi connectivity index (χ1n) is 6.14. The Kier molecular flexibility index (Phi) is 4.40. The van der Waals surface area contributed by atoms with E-state index in [1.165, 1.54) is 0 Å². The number of nitrogens with zero attached hydrogens (tertiary/aromatic N) is 1. The van der Waals surface area contributed by atoms with Gasteiger partial charge in [-0.1, -0.05) is 37.6 Å². The Hall–Kier alpha value is -1.58. The lowest BCUT2D eigenvalue weighted by molar-refractivity contribution is 0.280. The van der Waals surface area contributed by atoms with Crippen molar-refractivity contribution in [2.45, 2.75) is 26.4 Å². The summed E-state index contributed by atoms with van der Waals surface area (Å²) in [6.45, 7) is 4.05. The average molecular weight is 278 g/mol. The van der Waals surface area contributed by atoms with Crippen LogP contribution >= 0.6 is 11.6 Å². The lowest BCUT2D eigenvalue weighted by Gasteiger charge is -2.11.